The quantitative estimate of drug-likeness (QED) is 0.844. The first-order valence-corrected chi connectivity index (χ1v) is 6.18. The van der Waals surface area contributed by atoms with Crippen molar-refractivity contribution < 1.29 is 9.90 Å². The molecular formula is C15H11ClO2. The van der Waals surface area contributed by atoms with Crippen LogP contribution in [0.5, 0.6) is 5.75 Å². The van der Waals surface area contributed by atoms with Gasteiger partial charge in [-0.25, -0.2) is 0 Å². The van der Waals surface area contributed by atoms with Crippen molar-refractivity contribution in [2.45, 2.75) is 12.8 Å². The standard InChI is InChI=1S/C15H11ClO2/c16-13-8-11(4-6-15(13)18)10-2-1-9-3-5-14(17)12(9)7-10/h1-2,4,6-8,18H,3,5H2. The van der Waals surface area contributed by atoms with Gasteiger partial charge in [0.25, 0.3) is 0 Å². The van der Waals surface area contributed by atoms with E-state index in [0.717, 1.165) is 28.7 Å². The molecule has 1 N–H and O–H groups in total. The normalized spacial score (nSPS) is 13.7. The van der Waals surface area contributed by atoms with Gasteiger partial charge in [0, 0.05) is 12.0 Å². The van der Waals surface area contributed by atoms with Gasteiger partial charge in [-0.1, -0.05) is 29.8 Å². The summed E-state index contributed by atoms with van der Waals surface area (Å²) in [6, 6.07) is 11.0. The van der Waals surface area contributed by atoms with Gasteiger partial charge in [0.2, 0.25) is 0 Å². The van der Waals surface area contributed by atoms with Crippen LogP contribution in [0, 0.1) is 0 Å². The highest BCUT2D eigenvalue weighted by atomic mass is 35.5. The van der Waals surface area contributed by atoms with Crippen molar-refractivity contribution in [3.63, 3.8) is 0 Å². The average molecular weight is 259 g/mol. The molecule has 3 heteroatoms. The van der Waals surface area contributed by atoms with Crippen LogP contribution in [0.1, 0.15) is 22.3 Å². The highest BCUT2D eigenvalue weighted by Gasteiger charge is 2.19. The number of rotatable bonds is 1. The Bertz CT molecular complexity index is 647. The number of benzene rings is 2. The molecule has 0 amide bonds. The molecule has 0 atom stereocenters. The number of phenols is 1. The van der Waals surface area contributed by atoms with E-state index in [1.54, 1.807) is 18.2 Å². The maximum Gasteiger partial charge on any atom is 0.163 e. The van der Waals surface area contributed by atoms with Crippen LogP contribution in [0.2, 0.25) is 5.02 Å². The third-order valence-electron chi connectivity index (χ3n) is 3.31. The van der Waals surface area contributed by atoms with Crippen LogP contribution in [-0.4, -0.2) is 10.9 Å². The van der Waals surface area contributed by atoms with E-state index >= 15 is 0 Å². The van der Waals surface area contributed by atoms with Crippen LogP contribution < -0.4 is 0 Å². The van der Waals surface area contributed by atoms with Crippen molar-refractivity contribution in [1.29, 1.82) is 0 Å². The highest BCUT2D eigenvalue weighted by molar-refractivity contribution is 6.32. The SMILES string of the molecule is O=C1CCc2ccc(-c3ccc(O)c(Cl)c3)cc21. The van der Waals surface area contributed by atoms with E-state index in [4.69, 9.17) is 11.6 Å². The average Bonchev–Trinajstić information content (AvgIpc) is 2.74. The number of ketones is 1. The van der Waals surface area contributed by atoms with Crippen LogP contribution in [0.3, 0.4) is 0 Å². The number of halogens is 1. The number of hydrogen-bond acceptors (Lipinski definition) is 2. The summed E-state index contributed by atoms with van der Waals surface area (Å²) in [6.45, 7) is 0. The second-order valence-corrected chi connectivity index (χ2v) is 4.87. The van der Waals surface area contributed by atoms with E-state index in [-0.39, 0.29) is 11.5 Å². The largest absolute Gasteiger partial charge is 0.506 e. The smallest absolute Gasteiger partial charge is 0.163 e. The molecular weight excluding hydrogens is 248 g/mol. The predicted molar refractivity (Wildman–Crippen MR) is 71.2 cm³/mol. The molecule has 90 valence electrons. The Balaban J connectivity index is 2.10. The topological polar surface area (TPSA) is 37.3 Å². The lowest BCUT2D eigenvalue weighted by molar-refractivity contribution is 0.0994. The van der Waals surface area contributed by atoms with Crippen LogP contribution in [0.4, 0.5) is 0 Å². The molecule has 0 bridgehead atoms. The molecule has 0 unspecified atom stereocenters. The third kappa shape index (κ3) is 1.79. The summed E-state index contributed by atoms with van der Waals surface area (Å²) in [5, 5.41) is 9.72. The molecule has 2 aromatic rings. The van der Waals surface area contributed by atoms with Crippen molar-refractivity contribution >= 4 is 17.4 Å². The lowest BCUT2D eigenvalue weighted by Gasteiger charge is -2.06. The fourth-order valence-electron chi connectivity index (χ4n) is 2.30. The van der Waals surface area contributed by atoms with E-state index in [9.17, 15) is 9.90 Å². The van der Waals surface area contributed by atoms with Gasteiger partial charge in [-0.2, -0.15) is 0 Å². The zero-order chi connectivity index (χ0) is 12.7. The maximum atomic E-state index is 11.7. The fraction of sp³-hybridized carbons (Fsp3) is 0.133. The Hall–Kier alpha value is -1.80. The number of aromatic hydroxyl groups is 1. The molecule has 0 spiro atoms. The van der Waals surface area contributed by atoms with Crippen LogP contribution in [-0.2, 0) is 6.42 Å². The summed E-state index contributed by atoms with van der Waals surface area (Å²) < 4.78 is 0. The molecule has 0 saturated carbocycles. The van der Waals surface area contributed by atoms with Crippen LogP contribution >= 0.6 is 11.6 Å². The molecule has 18 heavy (non-hydrogen) atoms. The molecule has 1 aliphatic carbocycles. The molecule has 0 saturated heterocycles. The minimum atomic E-state index is 0.0673. The number of aryl methyl sites for hydroxylation is 1. The van der Waals surface area contributed by atoms with Crippen molar-refractivity contribution in [3.05, 3.63) is 52.5 Å². The lowest BCUT2D eigenvalue weighted by atomic mass is 10.0. The first-order chi connectivity index (χ1) is 8.65. The van der Waals surface area contributed by atoms with Gasteiger partial charge in [0.15, 0.2) is 5.78 Å². The summed E-state index contributed by atoms with van der Waals surface area (Å²) in [6.07, 6.45) is 1.44. The minimum absolute atomic E-state index is 0.0673. The summed E-state index contributed by atoms with van der Waals surface area (Å²) in [5.74, 6) is 0.273. The van der Waals surface area contributed by atoms with Crippen molar-refractivity contribution in [3.8, 4) is 16.9 Å². The minimum Gasteiger partial charge on any atom is -0.506 e. The number of carbonyl (C=O) groups excluding carboxylic acids is 1. The Labute approximate surface area is 110 Å². The lowest BCUT2D eigenvalue weighted by Crippen LogP contribution is -1.91. The highest BCUT2D eigenvalue weighted by Crippen LogP contribution is 2.32. The van der Waals surface area contributed by atoms with Gasteiger partial charge in [0.05, 0.1) is 5.02 Å². The Kier molecular flexibility index (Phi) is 2.60. The first-order valence-electron chi connectivity index (χ1n) is 5.80. The second-order valence-electron chi connectivity index (χ2n) is 4.46. The number of carbonyl (C=O) groups is 1. The summed E-state index contributed by atoms with van der Waals surface area (Å²) in [7, 11) is 0. The number of fused-ring (bicyclic) bond motifs is 1. The number of Topliss-reactive ketones (excluding diaryl/α,β-unsaturated/α-hetero) is 1. The molecule has 0 heterocycles. The fourth-order valence-corrected chi connectivity index (χ4v) is 2.48. The number of phenolic OH excluding ortho intramolecular Hbond substituents is 1. The van der Waals surface area contributed by atoms with Gasteiger partial charge in [-0.05, 0) is 41.3 Å². The molecule has 0 fully saturated rings. The molecule has 3 rings (SSSR count). The Morgan fingerprint density at radius 2 is 1.72 bits per heavy atom. The van der Waals surface area contributed by atoms with Gasteiger partial charge in [0.1, 0.15) is 5.75 Å². The Morgan fingerprint density at radius 3 is 2.50 bits per heavy atom. The van der Waals surface area contributed by atoms with E-state index in [1.165, 1.54) is 0 Å². The van der Waals surface area contributed by atoms with Crippen LogP contribution in [0.15, 0.2) is 36.4 Å². The van der Waals surface area contributed by atoms with E-state index < -0.39 is 0 Å². The molecule has 2 aromatic carbocycles. The van der Waals surface area contributed by atoms with E-state index in [2.05, 4.69) is 0 Å². The van der Waals surface area contributed by atoms with Crippen molar-refractivity contribution in [2.75, 3.05) is 0 Å². The van der Waals surface area contributed by atoms with Crippen molar-refractivity contribution in [2.24, 2.45) is 0 Å². The molecule has 0 aromatic heterocycles. The second kappa shape index (κ2) is 4.14. The van der Waals surface area contributed by atoms with E-state index in [1.807, 2.05) is 18.2 Å². The van der Waals surface area contributed by atoms with Gasteiger partial charge >= 0.3 is 0 Å². The first kappa shape index (κ1) is 11.3. The molecule has 0 radical (unpaired) electrons. The zero-order valence-corrected chi connectivity index (χ0v) is 10.4. The van der Waals surface area contributed by atoms with Gasteiger partial charge < -0.3 is 5.11 Å². The molecule has 0 aliphatic heterocycles. The predicted octanol–water partition coefficient (Wildman–Crippen LogP) is 3.84. The maximum absolute atomic E-state index is 11.7. The van der Waals surface area contributed by atoms with Gasteiger partial charge in [-0.3, -0.25) is 4.79 Å². The van der Waals surface area contributed by atoms with Gasteiger partial charge in [-0.15, -0.1) is 0 Å². The summed E-state index contributed by atoms with van der Waals surface area (Å²) in [4.78, 5) is 11.7. The summed E-state index contributed by atoms with van der Waals surface area (Å²) in [5.41, 5.74) is 3.79. The van der Waals surface area contributed by atoms with Crippen molar-refractivity contribution in [1.82, 2.24) is 0 Å². The van der Waals surface area contributed by atoms with E-state index in [0.29, 0.717) is 11.4 Å². The van der Waals surface area contributed by atoms with Crippen LogP contribution in [0.25, 0.3) is 11.1 Å². The monoisotopic (exact) mass is 258 g/mol. The third-order valence-corrected chi connectivity index (χ3v) is 3.62. The number of hydrogen-bond donors (Lipinski definition) is 1. The zero-order valence-electron chi connectivity index (χ0n) is 9.61. The molecule has 1 aliphatic rings. The molecule has 2 nitrogen and oxygen atoms in total. The summed E-state index contributed by atoms with van der Waals surface area (Å²) >= 11 is 5.89. The Morgan fingerprint density at radius 1 is 1.00 bits per heavy atom.